The Hall–Kier alpha value is -1.63. The Morgan fingerprint density at radius 3 is 3.00 bits per heavy atom. The summed E-state index contributed by atoms with van der Waals surface area (Å²) in [6.45, 7) is 5.63. The minimum Gasteiger partial charge on any atom is -0.497 e. The third-order valence-electron chi connectivity index (χ3n) is 5.02. The van der Waals surface area contributed by atoms with Crippen molar-refractivity contribution in [2.45, 2.75) is 25.4 Å². The Balaban J connectivity index is 1.45. The van der Waals surface area contributed by atoms with Gasteiger partial charge in [0.05, 0.1) is 20.3 Å². The Bertz CT molecular complexity index is 699. The summed E-state index contributed by atoms with van der Waals surface area (Å²) >= 11 is 1.82. The molecule has 2 aliphatic rings. The molecule has 134 valence electrons. The number of hydrogen-bond donors (Lipinski definition) is 0. The van der Waals surface area contributed by atoms with Crippen LogP contribution in [-0.4, -0.2) is 49.8 Å². The molecule has 0 saturated carbocycles. The molecule has 2 aliphatic heterocycles. The van der Waals surface area contributed by atoms with Crippen LogP contribution in [0.5, 0.6) is 5.75 Å². The third-order valence-corrected chi connectivity index (χ3v) is 6.07. The van der Waals surface area contributed by atoms with Crippen LogP contribution in [-0.2, 0) is 11.3 Å². The molecule has 1 aromatic carbocycles. The van der Waals surface area contributed by atoms with E-state index >= 15 is 0 Å². The average Bonchev–Trinajstić information content (AvgIpc) is 3.32. The number of morpholine rings is 1. The molecule has 4 rings (SSSR count). The summed E-state index contributed by atoms with van der Waals surface area (Å²) in [5, 5.41) is 1.13. The summed E-state index contributed by atoms with van der Waals surface area (Å²) in [6.07, 6.45) is 4.51. The van der Waals surface area contributed by atoms with Crippen molar-refractivity contribution < 1.29 is 9.47 Å². The summed E-state index contributed by atoms with van der Waals surface area (Å²) in [5.74, 6) is 0.941. The van der Waals surface area contributed by atoms with Crippen molar-refractivity contribution in [3.8, 4) is 5.75 Å². The van der Waals surface area contributed by atoms with Gasteiger partial charge in [0.15, 0.2) is 5.13 Å². The molecule has 5 nitrogen and oxygen atoms in total. The van der Waals surface area contributed by atoms with Crippen molar-refractivity contribution >= 4 is 16.5 Å². The van der Waals surface area contributed by atoms with Gasteiger partial charge in [0.25, 0.3) is 0 Å². The highest BCUT2D eigenvalue weighted by atomic mass is 32.1. The standard InChI is InChI=1S/C19H25N3O2S/c1-23-16-5-2-4-15(12-16)18-6-3-7-22(18)14-17-13-20-19(25-17)21-8-10-24-11-9-21/h2,4-5,12-13,18H,3,6-11,14H2,1H3/t18-/m0/s1. The molecular weight excluding hydrogens is 334 g/mol. The summed E-state index contributed by atoms with van der Waals surface area (Å²) in [6, 6.07) is 8.98. The van der Waals surface area contributed by atoms with E-state index in [4.69, 9.17) is 9.47 Å². The minimum atomic E-state index is 0.476. The molecule has 2 saturated heterocycles. The van der Waals surface area contributed by atoms with Gasteiger partial charge in [-0.25, -0.2) is 4.98 Å². The first kappa shape index (κ1) is 16.8. The topological polar surface area (TPSA) is 37.8 Å². The van der Waals surface area contributed by atoms with Crippen molar-refractivity contribution in [2.24, 2.45) is 0 Å². The fourth-order valence-electron chi connectivity index (χ4n) is 3.71. The van der Waals surface area contributed by atoms with Gasteiger partial charge in [0, 0.05) is 36.8 Å². The maximum Gasteiger partial charge on any atom is 0.185 e. The van der Waals surface area contributed by atoms with E-state index in [1.807, 2.05) is 17.4 Å². The molecule has 6 heteroatoms. The van der Waals surface area contributed by atoms with Crippen LogP contribution in [0.2, 0.25) is 0 Å². The third kappa shape index (κ3) is 3.81. The zero-order valence-corrected chi connectivity index (χ0v) is 15.5. The lowest BCUT2D eigenvalue weighted by Crippen LogP contribution is -2.36. The Morgan fingerprint density at radius 2 is 2.16 bits per heavy atom. The smallest absolute Gasteiger partial charge is 0.185 e. The predicted octanol–water partition coefficient (Wildman–Crippen LogP) is 3.33. The van der Waals surface area contributed by atoms with Gasteiger partial charge in [-0.05, 0) is 37.1 Å². The van der Waals surface area contributed by atoms with Gasteiger partial charge in [-0.2, -0.15) is 0 Å². The van der Waals surface area contributed by atoms with E-state index in [1.54, 1.807) is 7.11 Å². The van der Waals surface area contributed by atoms with E-state index in [2.05, 4.69) is 39.2 Å². The number of thiazole rings is 1. The SMILES string of the molecule is COc1cccc([C@@H]2CCCN2Cc2cnc(N3CCOCC3)s2)c1. The van der Waals surface area contributed by atoms with E-state index in [0.717, 1.165) is 50.3 Å². The lowest BCUT2D eigenvalue weighted by Gasteiger charge is -2.26. The molecule has 25 heavy (non-hydrogen) atoms. The number of rotatable bonds is 5. The second-order valence-corrected chi connectivity index (χ2v) is 7.71. The van der Waals surface area contributed by atoms with Gasteiger partial charge in [-0.3, -0.25) is 4.90 Å². The van der Waals surface area contributed by atoms with Crippen LogP contribution >= 0.6 is 11.3 Å². The molecule has 0 unspecified atom stereocenters. The van der Waals surface area contributed by atoms with E-state index in [1.165, 1.54) is 23.3 Å². The maximum atomic E-state index is 5.43. The number of hydrogen-bond acceptors (Lipinski definition) is 6. The number of aromatic nitrogens is 1. The largest absolute Gasteiger partial charge is 0.497 e. The molecule has 0 N–H and O–H groups in total. The zero-order valence-electron chi connectivity index (χ0n) is 14.7. The monoisotopic (exact) mass is 359 g/mol. The summed E-state index contributed by atoms with van der Waals surface area (Å²) < 4.78 is 10.8. The lowest BCUT2D eigenvalue weighted by atomic mass is 10.0. The minimum absolute atomic E-state index is 0.476. The van der Waals surface area contributed by atoms with Crippen molar-refractivity contribution in [3.63, 3.8) is 0 Å². The maximum absolute atomic E-state index is 5.43. The number of methoxy groups -OCH3 is 1. The van der Waals surface area contributed by atoms with Crippen LogP contribution < -0.4 is 9.64 Å². The fraction of sp³-hybridized carbons (Fsp3) is 0.526. The van der Waals surface area contributed by atoms with E-state index in [9.17, 15) is 0 Å². The first-order valence-electron chi connectivity index (χ1n) is 8.99. The summed E-state index contributed by atoms with van der Waals surface area (Å²) in [5.41, 5.74) is 1.36. The Morgan fingerprint density at radius 1 is 1.28 bits per heavy atom. The molecular formula is C19H25N3O2S. The Kier molecular flexibility index (Phi) is 5.20. The van der Waals surface area contributed by atoms with Crippen LogP contribution in [0.15, 0.2) is 30.5 Å². The number of nitrogens with zero attached hydrogens (tertiary/aromatic N) is 3. The van der Waals surface area contributed by atoms with Crippen molar-refractivity contribution in [1.29, 1.82) is 0 Å². The van der Waals surface area contributed by atoms with Gasteiger partial charge in [0.1, 0.15) is 5.75 Å². The fourth-order valence-corrected chi connectivity index (χ4v) is 4.70. The second-order valence-electron chi connectivity index (χ2n) is 6.61. The van der Waals surface area contributed by atoms with Crippen LogP contribution in [0.3, 0.4) is 0 Å². The summed E-state index contributed by atoms with van der Waals surface area (Å²) in [4.78, 5) is 10.9. The molecule has 0 bridgehead atoms. The Labute approximate surface area is 153 Å². The number of ether oxygens (including phenoxy) is 2. The molecule has 0 spiro atoms. The van der Waals surface area contributed by atoms with E-state index in [-0.39, 0.29) is 0 Å². The van der Waals surface area contributed by atoms with Gasteiger partial charge in [-0.1, -0.05) is 12.1 Å². The zero-order chi connectivity index (χ0) is 17.1. The molecule has 1 aromatic heterocycles. The predicted molar refractivity (Wildman–Crippen MR) is 101 cm³/mol. The number of likely N-dealkylation sites (tertiary alicyclic amines) is 1. The highest BCUT2D eigenvalue weighted by Crippen LogP contribution is 2.35. The molecule has 0 radical (unpaired) electrons. The van der Waals surface area contributed by atoms with Gasteiger partial charge in [-0.15, -0.1) is 11.3 Å². The molecule has 2 aromatic rings. The van der Waals surface area contributed by atoms with Crippen molar-refractivity contribution in [3.05, 3.63) is 40.9 Å². The first-order chi connectivity index (χ1) is 12.3. The van der Waals surface area contributed by atoms with E-state index in [0.29, 0.717) is 6.04 Å². The highest BCUT2D eigenvalue weighted by molar-refractivity contribution is 7.15. The van der Waals surface area contributed by atoms with E-state index < -0.39 is 0 Å². The van der Waals surface area contributed by atoms with Crippen molar-refractivity contribution in [2.75, 3.05) is 44.9 Å². The van der Waals surface area contributed by atoms with Crippen LogP contribution in [0, 0.1) is 0 Å². The highest BCUT2D eigenvalue weighted by Gasteiger charge is 2.27. The van der Waals surface area contributed by atoms with Crippen molar-refractivity contribution in [1.82, 2.24) is 9.88 Å². The normalized spacial score (nSPS) is 21.6. The average molecular weight is 359 g/mol. The summed E-state index contributed by atoms with van der Waals surface area (Å²) in [7, 11) is 1.73. The number of anilines is 1. The molecule has 3 heterocycles. The first-order valence-corrected chi connectivity index (χ1v) is 9.80. The van der Waals surface area contributed by atoms with Gasteiger partial charge in [0.2, 0.25) is 0 Å². The van der Waals surface area contributed by atoms with Gasteiger partial charge < -0.3 is 14.4 Å². The molecule has 1 atom stereocenters. The lowest BCUT2D eigenvalue weighted by molar-refractivity contribution is 0.122. The number of benzene rings is 1. The quantitative estimate of drug-likeness (QED) is 0.819. The molecule has 0 aliphatic carbocycles. The second kappa shape index (κ2) is 7.72. The van der Waals surface area contributed by atoms with Crippen LogP contribution in [0.25, 0.3) is 0 Å². The molecule has 0 amide bonds. The van der Waals surface area contributed by atoms with Gasteiger partial charge >= 0.3 is 0 Å². The van der Waals surface area contributed by atoms with Crippen LogP contribution in [0.4, 0.5) is 5.13 Å². The molecule has 2 fully saturated rings. The van der Waals surface area contributed by atoms with Crippen LogP contribution in [0.1, 0.15) is 29.3 Å².